The van der Waals surface area contributed by atoms with Crippen molar-refractivity contribution in [1.29, 1.82) is 0 Å². The Morgan fingerprint density at radius 3 is 2.76 bits per heavy atom. The second kappa shape index (κ2) is 13.8. The maximum absolute atomic E-state index is 12.6. The molecule has 1 aliphatic rings. The number of hydrogen-bond acceptors (Lipinski definition) is 6. The third-order valence-corrected chi connectivity index (χ3v) is 6.40. The molecule has 1 fully saturated rings. The average Bonchev–Trinajstić information content (AvgIpc) is 2.73. The number of carbonyl (C=O) groups excluding carboxylic acids is 2. The molecule has 0 aliphatic carbocycles. The van der Waals surface area contributed by atoms with Crippen LogP contribution in [0.25, 0.3) is 0 Å². The molecule has 0 bridgehead atoms. The summed E-state index contributed by atoms with van der Waals surface area (Å²) in [4.78, 5) is 25.5. The van der Waals surface area contributed by atoms with Crippen LogP contribution in [0.5, 0.6) is 0 Å². The first-order valence-electron chi connectivity index (χ1n) is 10.8. The quantitative estimate of drug-likeness (QED) is 0.194. The number of benzene rings is 1. The Balaban J connectivity index is 1.86. The maximum atomic E-state index is 12.6. The van der Waals surface area contributed by atoms with E-state index < -0.39 is 5.97 Å². The van der Waals surface area contributed by atoms with Crippen LogP contribution in [0, 0.1) is 0 Å². The fourth-order valence-electron chi connectivity index (χ4n) is 3.14. The summed E-state index contributed by atoms with van der Waals surface area (Å²) in [6.07, 6.45) is 6.20. The second-order valence-electron chi connectivity index (χ2n) is 7.26. The zero-order valence-corrected chi connectivity index (χ0v) is 18.5. The van der Waals surface area contributed by atoms with E-state index in [4.69, 9.17) is 14.2 Å². The van der Waals surface area contributed by atoms with Gasteiger partial charge in [0.25, 0.3) is 0 Å². The number of esters is 1. The van der Waals surface area contributed by atoms with Gasteiger partial charge in [-0.1, -0.05) is 38.5 Å². The number of rotatable bonds is 13. The van der Waals surface area contributed by atoms with E-state index in [1.54, 1.807) is 0 Å². The van der Waals surface area contributed by atoms with E-state index >= 15 is 0 Å². The molecule has 162 valence electrons. The van der Waals surface area contributed by atoms with E-state index in [1.807, 2.05) is 32.0 Å². The van der Waals surface area contributed by atoms with Crippen molar-refractivity contribution in [2.45, 2.75) is 81.6 Å². The van der Waals surface area contributed by atoms with E-state index in [0.717, 1.165) is 55.6 Å². The van der Waals surface area contributed by atoms with Crippen molar-refractivity contribution >= 4 is 23.5 Å². The van der Waals surface area contributed by atoms with Crippen LogP contribution < -0.4 is 0 Å². The highest BCUT2D eigenvalue weighted by atomic mass is 32.2. The van der Waals surface area contributed by atoms with Crippen LogP contribution in [-0.2, 0) is 30.2 Å². The van der Waals surface area contributed by atoms with Crippen molar-refractivity contribution in [3.8, 4) is 0 Å². The first-order valence-corrected chi connectivity index (χ1v) is 11.7. The van der Waals surface area contributed by atoms with Gasteiger partial charge < -0.3 is 14.2 Å². The molecular weight excluding hydrogens is 388 g/mol. The largest absolute Gasteiger partial charge is 0.465 e. The highest BCUT2D eigenvalue weighted by Crippen LogP contribution is 2.30. The molecule has 0 amide bonds. The highest BCUT2D eigenvalue weighted by Gasteiger charge is 2.22. The summed E-state index contributed by atoms with van der Waals surface area (Å²) in [7, 11) is 0. The predicted molar refractivity (Wildman–Crippen MR) is 115 cm³/mol. The molecule has 1 aromatic rings. The highest BCUT2D eigenvalue weighted by molar-refractivity contribution is 8.00. The van der Waals surface area contributed by atoms with E-state index in [2.05, 4.69) is 6.07 Å². The van der Waals surface area contributed by atoms with Crippen LogP contribution in [0.4, 0.5) is 0 Å². The summed E-state index contributed by atoms with van der Waals surface area (Å²) in [5, 5.41) is -0.252. The lowest BCUT2D eigenvalue weighted by atomic mass is 10.1. The Labute approximate surface area is 178 Å². The van der Waals surface area contributed by atoms with Crippen molar-refractivity contribution in [1.82, 2.24) is 0 Å². The monoisotopic (exact) mass is 422 g/mol. The molecular formula is C23H34O5S. The van der Waals surface area contributed by atoms with Crippen LogP contribution in [0.1, 0.15) is 64.4 Å². The maximum Gasteiger partial charge on any atom is 0.313 e. The third-order valence-electron chi connectivity index (χ3n) is 4.86. The minimum Gasteiger partial charge on any atom is -0.465 e. The average molecular weight is 423 g/mol. The fourth-order valence-corrected chi connectivity index (χ4v) is 4.30. The Morgan fingerprint density at radius 2 is 2.03 bits per heavy atom. The van der Waals surface area contributed by atoms with Crippen LogP contribution in [0.15, 0.2) is 29.2 Å². The first-order chi connectivity index (χ1) is 14.1. The Bertz CT molecular complexity index is 627. The van der Waals surface area contributed by atoms with Crippen LogP contribution in [-0.4, -0.2) is 43.1 Å². The van der Waals surface area contributed by atoms with E-state index in [0.29, 0.717) is 19.6 Å². The van der Waals surface area contributed by atoms with Crippen molar-refractivity contribution in [3.63, 3.8) is 0 Å². The normalized spacial score (nSPS) is 17.7. The minimum absolute atomic E-state index is 0.0688. The molecule has 1 aromatic carbocycles. The van der Waals surface area contributed by atoms with Gasteiger partial charge in [0.15, 0.2) is 12.1 Å². The van der Waals surface area contributed by atoms with Crippen molar-refractivity contribution < 1.29 is 23.8 Å². The van der Waals surface area contributed by atoms with Crippen LogP contribution in [0.2, 0.25) is 0 Å². The molecule has 1 aliphatic heterocycles. The minimum atomic E-state index is -0.420. The number of unbranched alkanes of at least 4 members (excludes halogenated alkanes) is 1. The van der Waals surface area contributed by atoms with E-state index in [1.165, 1.54) is 11.8 Å². The molecule has 0 aromatic heterocycles. The van der Waals surface area contributed by atoms with E-state index in [-0.39, 0.29) is 23.7 Å². The molecule has 0 N–H and O–H groups in total. The van der Waals surface area contributed by atoms with Crippen LogP contribution >= 0.6 is 11.8 Å². The van der Waals surface area contributed by atoms with Gasteiger partial charge in [-0.3, -0.25) is 9.59 Å². The summed E-state index contributed by atoms with van der Waals surface area (Å²) in [5.74, 6) is -0.489. The zero-order valence-electron chi connectivity index (χ0n) is 17.7. The van der Waals surface area contributed by atoms with Crippen molar-refractivity contribution in [2.24, 2.45) is 0 Å². The first kappa shape index (κ1) is 23.9. The lowest BCUT2D eigenvalue weighted by Crippen LogP contribution is -2.23. The second-order valence-corrected chi connectivity index (χ2v) is 8.50. The molecule has 2 rings (SSSR count). The molecule has 0 saturated carbocycles. The van der Waals surface area contributed by atoms with E-state index in [9.17, 15) is 9.59 Å². The standard InChI is InChI=1S/C23H34O5S/c1-3-5-14-26-22(25)17-19(24)20(4-2)29-21-11-7-6-10-18(21)13-16-28-23-12-8-9-15-27-23/h6-7,10-11,20,23H,3-5,8-9,12-17H2,1-2H3. The van der Waals surface area contributed by atoms with Gasteiger partial charge in [0.1, 0.15) is 6.42 Å². The smallest absolute Gasteiger partial charge is 0.313 e. The summed E-state index contributed by atoms with van der Waals surface area (Å²) in [5.41, 5.74) is 1.16. The number of Topliss-reactive ketones (excluding diaryl/α,β-unsaturated/α-hetero) is 1. The zero-order chi connectivity index (χ0) is 20.9. The molecule has 0 radical (unpaired) electrons. The summed E-state index contributed by atoms with van der Waals surface area (Å²) >= 11 is 1.54. The Hall–Kier alpha value is -1.37. The molecule has 29 heavy (non-hydrogen) atoms. The molecule has 2 atom stereocenters. The molecule has 1 heterocycles. The van der Waals surface area contributed by atoms with Gasteiger partial charge in [-0.2, -0.15) is 0 Å². The fraction of sp³-hybridized carbons (Fsp3) is 0.652. The number of ketones is 1. The van der Waals surface area contributed by atoms with Crippen molar-refractivity contribution in [2.75, 3.05) is 19.8 Å². The van der Waals surface area contributed by atoms with Gasteiger partial charge in [-0.25, -0.2) is 0 Å². The van der Waals surface area contributed by atoms with Gasteiger partial charge in [0.05, 0.1) is 18.5 Å². The Kier molecular flexibility index (Phi) is 11.4. The number of hydrogen-bond donors (Lipinski definition) is 0. The molecule has 5 nitrogen and oxygen atoms in total. The SMILES string of the molecule is CCCCOC(=O)CC(=O)C(CC)Sc1ccccc1CCOC1CCCCO1. The van der Waals surface area contributed by atoms with Crippen molar-refractivity contribution in [3.05, 3.63) is 29.8 Å². The summed E-state index contributed by atoms with van der Waals surface area (Å²) in [6, 6.07) is 8.09. The topological polar surface area (TPSA) is 61.8 Å². The molecule has 1 saturated heterocycles. The van der Waals surface area contributed by atoms with Gasteiger partial charge in [-0.15, -0.1) is 11.8 Å². The Morgan fingerprint density at radius 1 is 1.21 bits per heavy atom. The lowest BCUT2D eigenvalue weighted by Gasteiger charge is -2.23. The lowest BCUT2D eigenvalue weighted by molar-refractivity contribution is -0.161. The summed E-state index contributed by atoms with van der Waals surface area (Å²) < 4.78 is 16.6. The van der Waals surface area contributed by atoms with Crippen LogP contribution in [0.3, 0.4) is 0 Å². The van der Waals surface area contributed by atoms with Gasteiger partial charge >= 0.3 is 5.97 Å². The summed E-state index contributed by atoms with van der Waals surface area (Å²) in [6.45, 7) is 5.77. The molecule has 0 spiro atoms. The number of carbonyl (C=O) groups is 2. The number of ether oxygens (including phenoxy) is 3. The number of thioether (sulfide) groups is 1. The third kappa shape index (κ3) is 8.89. The van der Waals surface area contributed by atoms with Gasteiger partial charge in [0, 0.05) is 11.5 Å². The van der Waals surface area contributed by atoms with Gasteiger partial charge in [0.2, 0.25) is 0 Å². The van der Waals surface area contributed by atoms with Gasteiger partial charge in [-0.05, 0) is 50.2 Å². The molecule has 2 unspecified atom stereocenters. The molecule has 6 heteroatoms. The predicted octanol–water partition coefficient (Wildman–Crippen LogP) is 4.95.